The highest BCUT2D eigenvalue weighted by Gasteiger charge is 1.99. The van der Waals surface area contributed by atoms with E-state index in [1.165, 1.54) is 5.69 Å². The van der Waals surface area contributed by atoms with Gasteiger partial charge >= 0.3 is 0 Å². The van der Waals surface area contributed by atoms with Crippen molar-refractivity contribution in [2.24, 2.45) is 10.7 Å². The third-order valence-corrected chi connectivity index (χ3v) is 3.54. The summed E-state index contributed by atoms with van der Waals surface area (Å²) in [5, 5.41) is 3.13. The van der Waals surface area contributed by atoms with Gasteiger partial charge in [0.15, 0.2) is 5.96 Å². The topological polar surface area (TPSA) is 66.5 Å². The molecule has 5 nitrogen and oxygen atoms in total. The Labute approximate surface area is 161 Å². The molecule has 0 radical (unpaired) electrons. The molecule has 0 spiro atoms. The van der Waals surface area contributed by atoms with Gasteiger partial charge in [0.1, 0.15) is 0 Å². The van der Waals surface area contributed by atoms with Crippen molar-refractivity contribution in [3.8, 4) is 0 Å². The summed E-state index contributed by atoms with van der Waals surface area (Å²) in [6, 6.07) is 16.3. The third-order valence-electron chi connectivity index (χ3n) is 3.54. The van der Waals surface area contributed by atoms with Crippen molar-refractivity contribution in [2.45, 2.75) is 12.8 Å². The standard InChI is InChI=1S/C18H25N5.HI/c1-23(17-9-3-2-4-10-17)15-7-13-21-18(19)22-14-11-16-8-5-6-12-20-16;/h2-6,8-10,12H,7,11,13-15H2,1H3,(H3,19,21,22);1H. The molecule has 2 aromatic rings. The van der Waals surface area contributed by atoms with Gasteiger partial charge < -0.3 is 16.0 Å². The molecule has 0 bridgehead atoms. The molecular formula is C18H26IN5. The molecule has 0 saturated heterocycles. The van der Waals surface area contributed by atoms with Gasteiger partial charge in [-0.2, -0.15) is 0 Å². The Bertz CT molecular complexity index is 589. The maximum atomic E-state index is 5.87. The minimum Gasteiger partial charge on any atom is -0.375 e. The summed E-state index contributed by atoms with van der Waals surface area (Å²) in [7, 11) is 2.09. The zero-order valence-electron chi connectivity index (χ0n) is 14.1. The van der Waals surface area contributed by atoms with Crippen LogP contribution in [0.2, 0.25) is 0 Å². The second-order valence-electron chi connectivity index (χ2n) is 5.38. The first-order chi connectivity index (χ1) is 11.3. The molecule has 0 aliphatic rings. The van der Waals surface area contributed by atoms with Crippen molar-refractivity contribution in [1.29, 1.82) is 0 Å². The fourth-order valence-electron chi connectivity index (χ4n) is 2.24. The van der Waals surface area contributed by atoms with E-state index in [2.05, 4.69) is 39.4 Å². The Balaban J connectivity index is 0.00000288. The molecule has 1 aromatic carbocycles. The number of rotatable bonds is 8. The maximum Gasteiger partial charge on any atom is 0.188 e. The zero-order valence-corrected chi connectivity index (χ0v) is 16.4. The van der Waals surface area contributed by atoms with Crippen molar-refractivity contribution in [2.75, 3.05) is 31.6 Å². The van der Waals surface area contributed by atoms with E-state index in [0.29, 0.717) is 5.96 Å². The summed E-state index contributed by atoms with van der Waals surface area (Å²) in [6.45, 7) is 2.42. The van der Waals surface area contributed by atoms with Crippen molar-refractivity contribution in [3.05, 3.63) is 60.4 Å². The van der Waals surface area contributed by atoms with E-state index in [1.54, 1.807) is 6.20 Å². The van der Waals surface area contributed by atoms with Crippen LogP contribution in [-0.2, 0) is 6.42 Å². The van der Waals surface area contributed by atoms with Gasteiger partial charge in [0.25, 0.3) is 0 Å². The van der Waals surface area contributed by atoms with Gasteiger partial charge in [-0.15, -0.1) is 24.0 Å². The Morgan fingerprint density at radius 1 is 1.17 bits per heavy atom. The number of pyridine rings is 1. The summed E-state index contributed by atoms with van der Waals surface area (Å²) in [5.41, 5.74) is 8.14. The van der Waals surface area contributed by atoms with Gasteiger partial charge in [-0.25, -0.2) is 0 Å². The Morgan fingerprint density at radius 2 is 1.92 bits per heavy atom. The number of nitrogens with zero attached hydrogens (tertiary/aromatic N) is 3. The van der Waals surface area contributed by atoms with E-state index < -0.39 is 0 Å². The van der Waals surface area contributed by atoms with Crippen molar-refractivity contribution < 1.29 is 0 Å². The van der Waals surface area contributed by atoms with Crippen LogP contribution in [0.5, 0.6) is 0 Å². The van der Waals surface area contributed by atoms with Crippen LogP contribution >= 0.6 is 24.0 Å². The molecule has 130 valence electrons. The van der Waals surface area contributed by atoms with Crippen LogP contribution in [0.15, 0.2) is 59.7 Å². The molecule has 0 aliphatic heterocycles. The van der Waals surface area contributed by atoms with Crippen LogP contribution in [0.25, 0.3) is 0 Å². The highest BCUT2D eigenvalue weighted by atomic mass is 127. The lowest BCUT2D eigenvalue weighted by molar-refractivity contribution is 0.781. The molecule has 0 atom stereocenters. The van der Waals surface area contributed by atoms with Gasteiger partial charge in [0, 0.05) is 50.7 Å². The number of nitrogens with two attached hydrogens (primary N) is 1. The van der Waals surface area contributed by atoms with Gasteiger partial charge in [-0.05, 0) is 30.7 Å². The number of hydrogen-bond donors (Lipinski definition) is 2. The van der Waals surface area contributed by atoms with Gasteiger partial charge in [-0.1, -0.05) is 24.3 Å². The predicted octanol–water partition coefficient (Wildman–Crippen LogP) is 2.67. The second kappa shape index (κ2) is 11.7. The Hall–Kier alpha value is -1.83. The summed E-state index contributed by atoms with van der Waals surface area (Å²) in [5.74, 6) is 0.503. The first-order valence-electron chi connectivity index (χ1n) is 7.95. The number of aromatic nitrogens is 1. The van der Waals surface area contributed by atoms with Crippen LogP contribution in [0.4, 0.5) is 5.69 Å². The zero-order chi connectivity index (χ0) is 16.3. The molecule has 0 aliphatic carbocycles. The fraction of sp³-hybridized carbons (Fsp3) is 0.333. The highest BCUT2D eigenvalue weighted by molar-refractivity contribution is 14.0. The van der Waals surface area contributed by atoms with E-state index in [4.69, 9.17) is 5.73 Å². The number of hydrogen-bond acceptors (Lipinski definition) is 3. The SMILES string of the molecule is CN(CCCN=C(N)NCCc1ccccn1)c1ccccc1.I. The lowest BCUT2D eigenvalue weighted by Crippen LogP contribution is -2.33. The molecule has 2 rings (SSSR count). The molecule has 0 saturated carbocycles. The number of nitrogens with one attached hydrogen (secondary N) is 1. The molecule has 6 heteroatoms. The van der Waals surface area contributed by atoms with Crippen molar-refractivity contribution in [1.82, 2.24) is 10.3 Å². The number of guanidine groups is 1. The van der Waals surface area contributed by atoms with Gasteiger partial charge in [0.05, 0.1) is 0 Å². The third kappa shape index (κ3) is 7.63. The molecule has 0 amide bonds. The van der Waals surface area contributed by atoms with Crippen molar-refractivity contribution in [3.63, 3.8) is 0 Å². The Morgan fingerprint density at radius 3 is 2.62 bits per heavy atom. The Kier molecular flexibility index (Phi) is 9.83. The van der Waals surface area contributed by atoms with Crippen LogP contribution in [0.3, 0.4) is 0 Å². The van der Waals surface area contributed by atoms with E-state index in [0.717, 1.165) is 38.2 Å². The predicted molar refractivity (Wildman–Crippen MR) is 112 cm³/mol. The van der Waals surface area contributed by atoms with Gasteiger partial charge in [0.2, 0.25) is 0 Å². The lowest BCUT2D eigenvalue weighted by atomic mass is 10.3. The number of benzene rings is 1. The summed E-state index contributed by atoms with van der Waals surface area (Å²) in [6.07, 6.45) is 3.61. The minimum absolute atomic E-state index is 0. The molecule has 3 N–H and O–H groups in total. The van der Waals surface area contributed by atoms with E-state index in [1.807, 2.05) is 36.4 Å². The average molecular weight is 439 g/mol. The minimum atomic E-state index is 0. The molecule has 1 aromatic heterocycles. The lowest BCUT2D eigenvalue weighted by Gasteiger charge is -2.18. The van der Waals surface area contributed by atoms with Crippen LogP contribution in [0, 0.1) is 0 Å². The summed E-state index contributed by atoms with van der Waals surface area (Å²) >= 11 is 0. The fourth-order valence-corrected chi connectivity index (χ4v) is 2.24. The van der Waals surface area contributed by atoms with E-state index in [9.17, 15) is 0 Å². The van der Waals surface area contributed by atoms with E-state index >= 15 is 0 Å². The first-order valence-corrected chi connectivity index (χ1v) is 7.95. The molecular weight excluding hydrogens is 413 g/mol. The number of para-hydroxylation sites is 1. The normalized spacial score (nSPS) is 10.8. The number of anilines is 1. The largest absolute Gasteiger partial charge is 0.375 e. The van der Waals surface area contributed by atoms with Crippen LogP contribution in [-0.4, -0.2) is 37.6 Å². The quantitative estimate of drug-likeness (QED) is 0.287. The molecule has 0 unspecified atom stereocenters. The molecule has 0 fully saturated rings. The van der Waals surface area contributed by atoms with Crippen molar-refractivity contribution >= 4 is 35.6 Å². The monoisotopic (exact) mass is 439 g/mol. The summed E-state index contributed by atoms with van der Waals surface area (Å²) in [4.78, 5) is 10.9. The maximum absolute atomic E-state index is 5.87. The average Bonchev–Trinajstić information content (AvgIpc) is 2.60. The second-order valence-corrected chi connectivity index (χ2v) is 5.38. The highest BCUT2D eigenvalue weighted by Crippen LogP contribution is 2.10. The van der Waals surface area contributed by atoms with Gasteiger partial charge in [-0.3, -0.25) is 9.98 Å². The smallest absolute Gasteiger partial charge is 0.188 e. The van der Waals surface area contributed by atoms with E-state index in [-0.39, 0.29) is 24.0 Å². The number of aliphatic imine (C=N–C) groups is 1. The van der Waals surface area contributed by atoms with Crippen LogP contribution in [0.1, 0.15) is 12.1 Å². The van der Waals surface area contributed by atoms with Crippen LogP contribution < -0.4 is 16.0 Å². The molecule has 24 heavy (non-hydrogen) atoms. The molecule has 1 heterocycles. The number of halogens is 1. The first kappa shape index (κ1) is 20.2. The summed E-state index contributed by atoms with van der Waals surface area (Å²) < 4.78 is 0.